The average Bonchev–Trinajstić information content (AvgIpc) is 3.03. The number of nitrogens with zero attached hydrogens (tertiary/aromatic N) is 3. The summed E-state index contributed by atoms with van der Waals surface area (Å²) < 4.78 is 6.16. The summed E-state index contributed by atoms with van der Waals surface area (Å²) in [5, 5.41) is 17.8. The highest BCUT2D eigenvalue weighted by atomic mass is 79.9. The molecule has 1 N–H and O–H groups in total. The molecule has 3 rings (SSSR count). The number of hydrogen-bond acceptors (Lipinski definition) is 6. The fraction of sp³-hybridized carbons (Fsp3) is 0.0667. The summed E-state index contributed by atoms with van der Waals surface area (Å²) in [6, 6.07) is 13.8. The number of rotatable bonds is 5. The predicted molar refractivity (Wildman–Crippen MR) is 87.9 cm³/mol. The first kappa shape index (κ1) is 15.2. The van der Waals surface area contributed by atoms with Crippen molar-refractivity contribution in [3.63, 3.8) is 0 Å². The normalized spacial score (nSPS) is 10.5. The van der Waals surface area contributed by atoms with Crippen LogP contribution in [0, 0.1) is 10.1 Å². The maximum absolute atomic E-state index is 10.8. The van der Waals surface area contributed by atoms with E-state index in [-0.39, 0.29) is 5.69 Å². The Kier molecular flexibility index (Phi) is 4.33. The van der Waals surface area contributed by atoms with E-state index in [1.807, 2.05) is 24.3 Å². The van der Waals surface area contributed by atoms with E-state index < -0.39 is 4.92 Å². The first-order chi connectivity index (χ1) is 11.1. The SMILES string of the molecule is O=[N+]([O-])c1cccc(-c2noc(CNc3ccc(Br)cc3)n2)c1. The number of nitro groups is 1. The first-order valence-corrected chi connectivity index (χ1v) is 7.48. The lowest BCUT2D eigenvalue weighted by Crippen LogP contribution is -1.99. The Labute approximate surface area is 139 Å². The van der Waals surface area contributed by atoms with Crippen molar-refractivity contribution in [3.05, 3.63) is 69.0 Å². The lowest BCUT2D eigenvalue weighted by molar-refractivity contribution is -0.384. The van der Waals surface area contributed by atoms with Gasteiger partial charge in [-0.15, -0.1) is 0 Å². The van der Waals surface area contributed by atoms with Crippen LogP contribution < -0.4 is 5.32 Å². The molecule has 1 heterocycles. The van der Waals surface area contributed by atoms with Crippen LogP contribution in [0.2, 0.25) is 0 Å². The fourth-order valence-corrected chi connectivity index (χ4v) is 2.21. The molecule has 0 saturated carbocycles. The van der Waals surface area contributed by atoms with Crippen LogP contribution in [0.3, 0.4) is 0 Å². The molecule has 0 fully saturated rings. The van der Waals surface area contributed by atoms with Gasteiger partial charge in [-0.1, -0.05) is 33.2 Å². The Morgan fingerprint density at radius 2 is 2.00 bits per heavy atom. The standard InChI is InChI=1S/C15H11BrN4O3/c16-11-4-6-12(7-5-11)17-9-14-18-15(19-23-14)10-2-1-3-13(8-10)20(21)22/h1-8,17H,9H2. The van der Waals surface area contributed by atoms with Crippen molar-refractivity contribution >= 4 is 27.3 Å². The van der Waals surface area contributed by atoms with Crippen LogP contribution >= 0.6 is 15.9 Å². The van der Waals surface area contributed by atoms with E-state index in [0.717, 1.165) is 10.2 Å². The van der Waals surface area contributed by atoms with E-state index in [4.69, 9.17) is 4.52 Å². The topological polar surface area (TPSA) is 94.1 Å². The molecule has 7 nitrogen and oxygen atoms in total. The summed E-state index contributed by atoms with van der Waals surface area (Å²) in [5.74, 6) is 0.718. The van der Waals surface area contributed by atoms with Crippen molar-refractivity contribution in [2.75, 3.05) is 5.32 Å². The Balaban J connectivity index is 1.71. The van der Waals surface area contributed by atoms with Gasteiger partial charge in [-0.2, -0.15) is 4.98 Å². The highest BCUT2D eigenvalue weighted by Crippen LogP contribution is 2.21. The van der Waals surface area contributed by atoms with Crippen LogP contribution in [-0.2, 0) is 6.54 Å². The predicted octanol–water partition coefficient (Wildman–Crippen LogP) is 4.02. The molecule has 0 saturated heterocycles. The quantitative estimate of drug-likeness (QED) is 0.535. The molecule has 0 aliphatic carbocycles. The molecular weight excluding hydrogens is 364 g/mol. The van der Waals surface area contributed by atoms with Crippen LogP contribution in [0.4, 0.5) is 11.4 Å². The van der Waals surface area contributed by atoms with E-state index in [1.165, 1.54) is 12.1 Å². The minimum absolute atomic E-state index is 0.0122. The largest absolute Gasteiger partial charge is 0.376 e. The first-order valence-electron chi connectivity index (χ1n) is 6.69. The number of halogens is 1. The molecule has 0 bridgehead atoms. The van der Waals surface area contributed by atoms with Crippen LogP contribution in [0.15, 0.2) is 57.5 Å². The zero-order valence-electron chi connectivity index (χ0n) is 11.8. The maximum atomic E-state index is 10.8. The summed E-state index contributed by atoms with van der Waals surface area (Å²) in [4.78, 5) is 14.6. The van der Waals surface area contributed by atoms with Crippen molar-refractivity contribution in [1.82, 2.24) is 10.1 Å². The van der Waals surface area contributed by atoms with Gasteiger partial charge in [-0.3, -0.25) is 10.1 Å². The minimum atomic E-state index is -0.459. The van der Waals surface area contributed by atoms with Gasteiger partial charge in [-0.25, -0.2) is 0 Å². The third-order valence-electron chi connectivity index (χ3n) is 3.07. The third-order valence-corrected chi connectivity index (χ3v) is 3.60. The number of hydrogen-bond donors (Lipinski definition) is 1. The van der Waals surface area contributed by atoms with E-state index >= 15 is 0 Å². The molecule has 0 radical (unpaired) electrons. The number of nitro benzene ring substituents is 1. The molecule has 23 heavy (non-hydrogen) atoms. The molecule has 2 aromatic carbocycles. The highest BCUT2D eigenvalue weighted by Gasteiger charge is 2.12. The number of nitrogens with one attached hydrogen (secondary N) is 1. The molecule has 0 spiro atoms. The molecular formula is C15H11BrN4O3. The second-order valence-electron chi connectivity index (χ2n) is 4.68. The van der Waals surface area contributed by atoms with E-state index in [0.29, 0.717) is 23.8 Å². The van der Waals surface area contributed by atoms with E-state index in [1.54, 1.807) is 12.1 Å². The summed E-state index contributed by atoms with van der Waals surface area (Å²) in [7, 11) is 0. The third kappa shape index (κ3) is 3.72. The molecule has 3 aromatic rings. The fourth-order valence-electron chi connectivity index (χ4n) is 1.95. The smallest absolute Gasteiger partial charge is 0.270 e. The Morgan fingerprint density at radius 1 is 1.22 bits per heavy atom. The van der Waals surface area contributed by atoms with Gasteiger partial charge >= 0.3 is 0 Å². The minimum Gasteiger partial charge on any atom is -0.376 e. The summed E-state index contributed by atoms with van der Waals surface area (Å²) >= 11 is 3.37. The van der Waals surface area contributed by atoms with Gasteiger partial charge in [0.1, 0.15) is 0 Å². The molecule has 0 aliphatic rings. The van der Waals surface area contributed by atoms with E-state index in [2.05, 4.69) is 31.4 Å². The van der Waals surface area contributed by atoms with Crippen molar-refractivity contribution in [2.45, 2.75) is 6.54 Å². The van der Waals surface area contributed by atoms with Gasteiger partial charge in [0.25, 0.3) is 5.69 Å². The van der Waals surface area contributed by atoms with Gasteiger partial charge < -0.3 is 9.84 Å². The Hall–Kier alpha value is -2.74. The average molecular weight is 375 g/mol. The van der Waals surface area contributed by atoms with Crippen LogP contribution in [0.1, 0.15) is 5.89 Å². The van der Waals surface area contributed by atoms with Gasteiger partial charge in [0.05, 0.1) is 11.5 Å². The molecule has 0 atom stereocenters. The Bertz CT molecular complexity index is 833. The van der Waals surface area contributed by atoms with Crippen molar-refractivity contribution in [2.24, 2.45) is 0 Å². The summed E-state index contributed by atoms with van der Waals surface area (Å²) in [6.45, 7) is 0.365. The highest BCUT2D eigenvalue weighted by molar-refractivity contribution is 9.10. The van der Waals surface area contributed by atoms with Gasteiger partial charge in [0.2, 0.25) is 11.7 Å². The number of anilines is 1. The Morgan fingerprint density at radius 3 is 2.74 bits per heavy atom. The molecule has 116 valence electrons. The zero-order chi connectivity index (χ0) is 16.2. The zero-order valence-corrected chi connectivity index (χ0v) is 13.4. The number of non-ortho nitro benzene ring substituents is 1. The van der Waals surface area contributed by atoms with Gasteiger partial charge in [0.15, 0.2) is 0 Å². The van der Waals surface area contributed by atoms with Crippen LogP contribution in [0.5, 0.6) is 0 Å². The molecule has 0 unspecified atom stereocenters. The summed E-state index contributed by atoms with van der Waals surface area (Å²) in [5.41, 5.74) is 1.45. The maximum Gasteiger partial charge on any atom is 0.270 e. The van der Waals surface area contributed by atoms with Crippen LogP contribution in [0.25, 0.3) is 11.4 Å². The monoisotopic (exact) mass is 374 g/mol. The lowest BCUT2D eigenvalue weighted by Gasteiger charge is -2.02. The van der Waals surface area contributed by atoms with E-state index in [9.17, 15) is 10.1 Å². The van der Waals surface area contributed by atoms with Crippen molar-refractivity contribution in [3.8, 4) is 11.4 Å². The number of aromatic nitrogens is 2. The molecule has 1 aromatic heterocycles. The number of benzene rings is 2. The summed E-state index contributed by atoms with van der Waals surface area (Å²) in [6.07, 6.45) is 0. The second kappa shape index (κ2) is 6.57. The second-order valence-corrected chi connectivity index (χ2v) is 5.60. The lowest BCUT2D eigenvalue weighted by atomic mass is 10.2. The van der Waals surface area contributed by atoms with Crippen molar-refractivity contribution in [1.29, 1.82) is 0 Å². The van der Waals surface area contributed by atoms with Gasteiger partial charge in [-0.05, 0) is 24.3 Å². The molecule has 0 amide bonds. The molecule has 0 aliphatic heterocycles. The van der Waals surface area contributed by atoms with Crippen molar-refractivity contribution < 1.29 is 9.45 Å². The van der Waals surface area contributed by atoms with Crippen LogP contribution in [-0.4, -0.2) is 15.1 Å². The van der Waals surface area contributed by atoms with Gasteiger partial charge in [0, 0.05) is 27.9 Å². The molecule has 8 heteroatoms.